The maximum Gasteiger partial charge on any atom is 0.278 e. The predicted octanol–water partition coefficient (Wildman–Crippen LogP) is 2.31. The minimum atomic E-state index is -0.264. The van der Waals surface area contributed by atoms with Crippen LogP contribution in [0.15, 0.2) is 48.3 Å². The van der Waals surface area contributed by atoms with Crippen molar-refractivity contribution in [2.75, 3.05) is 26.3 Å². The smallest absolute Gasteiger partial charge is 0.278 e. The lowest BCUT2D eigenvalue weighted by Gasteiger charge is -2.29. The number of aromatic nitrogens is 1. The van der Waals surface area contributed by atoms with Gasteiger partial charge in [0.05, 0.1) is 31.0 Å². The van der Waals surface area contributed by atoms with Crippen molar-refractivity contribution in [3.05, 3.63) is 70.7 Å². The molecule has 0 unspecified atom stereocenters. The van der Waals surface area contributed by atoms with Crippen LogP contribution in [0.25, 0.3) is 5.57 Å². The molecular formula is C22H23N3O3. The quantitative estimate of drug-likeness (QED) is 0.765. The maximum absolute atomic E-state index is 13.3. The van der Waals surface area contributed by atoms with Gasteiger partial charge in [-0.25, -0.2) is 0 Å². The van der Waals surface area contributed by atoms with E-state index in [-0.39, 0.29) is 18.4 Å². The third kappa shape index (κ3) is 3.31. The summed E-state index contributed by atoms with van der Waals surface area (Å²) in [6, 6.07) is 11.4. The van der Waals surface area contributed by atoms with Gasteiger partial charge in [-0.05, 0) is 42.7 Å². The summed E-state index contributed by atoms with van der Waals surface area (Å²) in [7, 11) is 0. The van der Waals surface area contributed by atoms with Crippen molar-refractivity contribution in [2.45, 2.75) is 20.4 Å². The van der Waals surface area contributed by atoms with Crippen LogP contribution in [0, 0.1) is 13.8 Å². The minimum Gasteiger partial charge on any atom is -0.378 e. The van der Waals surface area contributed by atoms with Gasteiger partial charge < -0.3 is 9.64 Å². The van der Waals surface area contributed by atoms with E-state index in [9.17, 15) is 9.59 Å². The van der Waals surface area contributed by atoms with Gasteiger partial charge in [-0.1, -0.05) is 24.3 Å². The number of nitrogens with zero attached hydrogens (tertiary/aromatic N) is 3. The normalized spacial score (nSPS) is 17.6. The number of pyridine rings is 1. The molecule has 0 atom stereocenters. The number of benzene rings is 1. The Bertz CT molecular complexity index is 947. The van der Waals surface area contributed by atoms with Crippen LogP contribution in [-0.2, 0) is 20.9 Å². The van der Waals surface area contributed by atoms with Crippen molar-refractivity contribution in [3.63, 3.8) is 0 Å². The van der Waals surface area contributed by atoms with Crippen molar-refractivity contribution in [2.24, 2.45) is 0 Å². The lowest BCUT2D eigenvalue weighted by molar-refractivity contribution is -0.138. The molecule has 6 nitrogen and oxygen atoms in total. The van der Waals surface area contributed by atoms with Gasteiger partial charge >= 0.3 is 0 Å². The zero-order valence-corrected chi connectivity index (χ0v) is 16.1. The number of hydrogen-bond donors (Lipinski definition) is 0. The molecule has 0 radical (unpaired) electrons. The van der Waals surface area contributed by atoms with E-state index in [1.807, 2.05) is 55.1 Å². The Morgan fingerprint density at radius 1 is 1.00 bits per heavy atom. The summed E-state index contributed by atoms with van der Waals surface area (Å²) in [5, 5.41) is 0. The molecule has 2 aliphatic heterocycles. The number of rotatable bonds is 4. The van der Waals surface area contributed by atoms with E-state index in [1.165, 1.54) is 4.90 Å². The van der Waals surface area contributed by atoms with Crippen LogP contribution < -0.4 is 0 Å². The molecule has 4 rings (SSSR count). The number of aryl methyl sites for hydroxylation is 2. The molecule has 1 fully saturated rings. The molecule has 1 saturated heterocycles. The van der Waals surface area contributed by atoms with Crippen molar-refractivity contribution in [1.82, 2.24) is 14.8 Å². The SMILES string of the molecule is Cc1ccc(C2=C(N3CCOCC3)C(=O)N(Cc3ccccn3)C2=O)cc1C. The largest absolute Gasteiger partial charge is 0.378 e. The Kier molecular flexibility index (Phi) is 4.96. The third-order valence-electron chi connectivity index (χ3n) is 5.31. The molecule has 0 saturated carbocycles. The molecule has 2 aromatic rings. The van der Waals surface area contributed by atoms with Gasteiger partial charge in [0.2, 0.25) is 0 Å². The lowest BCUT2D eigenvalue weighted by atomic mass is 9.99. The molecule has 144 valence electrons. The van der Waals surface area contributed by atoms with Gasteiger partial charge in [-0.2, -0.15) is 0 Å². The summed E-state index contributed by atoms with van der Waals surface area (Å²) in [5.41, 5.74) is 4.67. The first-order valence-electron chi connectivity index (χ1n) is 9.47. The van der Waals surface area contributed by atoms with E-state index in [1.54, 1.807) is 6.20 Å². The fraction of sp³-hybridized carbons (Fsp3) is 0.318. The van der Waals surface area contributed by atoms with E-state index >= 15 is 0 Å². The summed E-state index contributed by atoms with van der Waals surface area (Å²) in [6.45, 7) is 6.50. The molecule has 2 amide bonds. The minimum absolute atomic E-state index is 0.167. The number of hydrogen-bond acceptors (Lipinski definition) is 5. The van der Waals surface area contributed by atoms with Crippen LogP contribution in [-0.4, -0.2) is 52.9 Å². The van der Waals surface area contributed by atoms with Crippen molar-refractivity contribution in [1.29, 1.82) is 0 Å². The summed E-state index contributed by atoms with van der Waals surface area (Å²) < 4.78 is 5.44. The maximum atomic E-state index is 13.3. The fourth-order valence-electron chi connectivity index (χ4n) is 3.60. The molecule has 28 heavy (non-hydrogen) atoms. The van der Waals surface area contributed by atoms with E-state index in [0.717, 1.165) is 16.7 Å². The Morgan fingerprint density at radius 2 is 1.79 bits per heavy atom. The summed E-state index contributed by atoms with van der Waals surface area (Å²) in [6.07, 6.45) is 1.67. The predicted molar refractivity (Wildman–Crippen MR) is 105 cm³/mol. The Hall–Kier alpha value is -2.99. The lowest BCUT2D eigenvalue weighted by Crippen LogP contribution is -2.40. The van der Waals surface area contributed by atoms with E-state index < -0.39 is 0 Å². The molecular weight excluding hydrogens is 354 g/mol. The Balaban J connectivity index is 1.76. The highest BCUT2D eigenvalue weighted by Crippen LogP contribution is 2.33. The number of morpholine rings is 1. The van der Waals surface area contributed by atoms with Crippen LogP contribution in [0.2, 0.25) is 0 Å². The monoisotopic (exact) mass is 377 g/mol. The number of imide groups is 1. The molecule has 0 N–H and O–H groups in total. The van der Waals surface area contributed by atoms with Gasteiger partial charge in [0.1, 0.15) is 5.70 Å². The first-order chi connectivity index (χ1) is 13.6. The highest BCUT2D eigenvalue weighted by molar-refractivity contribution is 6.35. The standard InChI is InChI=1S/C22H23N3O3/c1-15-6-7-17(13-16(15)2)19-20(24-9-11-28-12-10-24)22(27)25(21(19)26)14-18-5-3-4-8-23-18/h3-8,13H,9-12,14H2,1-2H3. The highest BCUT2D eigenvalue weighted by atomic mass is 16.5. The van der Waals surface area contributed by atoms with Gasteiger partial charge in [-0.15, -0.1) is 0 Å². The number of carbonyl (C=O) groups excluding carboxylic acids is 2. The fourth-order valence-corrected chi connectivity index (χ4v) is 3.60. The molecule has 1 aromatic carbocycles. The molecule has 0 aliphatic carbocycles. The summed E-state index contributed by atoms with van der Waals surface area (Å²) >= 11 is 0. The zero-order chi connectivity index (χ0) is 19.7. The van der Waals surface area contributed by atoms with Crippen molar-refractivity contribution < 1.29 is 14.3 Å². The molecule has 0 spiro atoms. The topological polar surface area (TPSA) is 62.7 Å². The number of amides is 2. The second-order valence-electron chi connectivity index (χ2n) is 7.14. The van der Waals surface area contributed by atoms with Crippen LogP contribution in [0.4, 0.5) is 0 Å². The number of carbonyl (C=O) groups is 2. The second-order valence-corrected chi connectivity index (χ2v) is 7.14. The first-order valence-corrected chi connectivity index (χ1v) is 9.47. The van der Waals surface area contributed by atoms with Gasteiger partial charge in [-0.3, -0.25) is 19.5 Å². The van der Waals surface area contributed by atoms with Crippen molar-refractivity contribution in [3.8, 4) is 0 Å². The van der Waals surface area contributed by atoms with Gasteiger partial charge in [0.15, 0.2) is 0 Å². The van der Waals surface area contributed by atoms with Gasteiger partial charge in [0, 0.05) is 19.3 Å². The van der Waals surface area contributed by atoms with Gasteiger partial charge in [0.25, 0.3) is 11.8 Å². The Labute approximate surface area is 164 Å². The molecule has 0 bridgehead atoms. The highest BCUT2D eigenvalue weighted by Gasteiger charge is 2.42. The van der Waals surface area contributed by atoms with E-state index in [4.69, 9.17) is 4.74 Å². The zero-order valence-electron chi connectivity index (χ0n) is 16.1. The van der Waals surface area contributed by atoms with E-state index in [0.29, 0.717) is 43.3 Å². The average molecular weight is 377 g/mol. The summed E-state index contributed by atoms with van der Waals surface area (Å²) in [5.74, 6) is -0.522. The van der Waals surface area contributed by atoms with Crippen LogP contribution in [0.3, 0.4) is 0 Å². The number of ether oxygens (including phenoxy) is 1. The second kappa shape index (κ2) is 7.56. The average Bonchev–Trinajstić information content (AvgIpc) is 2.96. The molecule has 3 heterocycles. The molecule has 1 aromatic heterocycles. The van der Waals surface area contributed by atoms with E-state index in [2.05, 4.69) is 4.98 Å². The molecule has 2 aliphatic rings. The van der Waals surface area contributed by atoms with Crippen LogP contribution in [0.1, 0.15) is 22.4 Å². The van der Waals surface area contributed by atoms with Crippen LogP contribution in [0.5, 0.6) is 0 Å². The summed E-state index contributed by atoms with van der Waals surface area (Å²) in [4.78, 5) is 34.2. The third-order valence-corrected chi connectivity index (χ3v) is 5.31. The molecule has 6 heteroatoms. The van der Waals surface area contributed by atoms with Crippen LogP contribution >= 0.6 is 0 Å². The van der Waals surface area contributed by atoms with Crippen molar-refractivity contribution >= 4 is 17.4 Å². The first kappa shape index (κ1) is 18.4. The Morgan fingerprint density at radius 3 is 2.46 bits per heavy atom.